The maximum atomic E-state index is 11.9. The molecule has 0 aliphatic rings. The van der Waals surface area contributed by atoms with Crippen LogP contribution in [0.15, 0.2) is 12.1 Å². The highest BCUT2D eigenvalue weighted by Crippen LogP contribution is 2.39. The third kappa shape index (κ3) is 4.75. The minimum absolute atomic E-state index is 0.117. The van der Waals surface area contributed by atoms with E-state index in [-0.39, 0.29) is 29.3 Å². The standard InChI is InChI=1S/C19H30O3/c1-12(2)22-16(20)11-13-9-14(18(3,4)5)17(21)15(10-13)19(6,7)8/h9-10,12,21H,11H2,1-8H3. The molecule has 0 aliphatic heterocycles. The molecule has 124 valence electrons. The molecular weight excluding hydrogens is 276 g/mol. The van der Waals surface area contributed by atoms with Gasteiger partial charge in [-0.2, -0.15) is 0 Å². The summed E-state index contributed by atoms with van der Waals surface area (Å²) in [6, 6.07) is 3.85. The van der Waals surface area contributed by atoms with Crippen molar-refractivity contribution in [2.24, 2.45) is 0 Å². The summed E-state index contributed by atoms with van der Waals surface area (Å²) in [5, 5.41) is 10.6. The van der Waals surface area contributed by atoms with E-state index in [9.17, 15) is 9.90 Å². The number of hydrogen-bond donors (Lipinski definition) is 1. The lowest BCUT2D eigenvalue weighted by atomic mass is 9.78. The third-order valence-electron chi connectivity index (χ3n) is 3.50. The molecule has 0 fully saturated rings. The Morgan fingerprint density at radius 1 is 1.05 bits per heavy atom. The van der Waals surface area contributed by atoms with Gasteiger partial charge in [0.15, 0.2) is 0 Å². The number of rotatable bonds is 3. The van der Waals surface area contributed by atoms with Crippen molar-refractivity contribution in [2.75, 3.05) is 0 Å². The summed E-state index contributed by atoms with van der Waals surface area (Å²) in [5.74, 6) is 0.0985. The summed E-state index contributed by atoms with van der Waals surface area (Å²) in [6.07, 6.45) is 0.110. The fourth-order valence-corrected chi connectivity index (χ4v) is 2.41. The van der Waals surface area contributed by atoms with Crippen LogP contribution < -0.4 is 0 Å². The van der Waals surface area contributed by atoms with Crippen LogP contribution in [0.25, 0.3) is 0 Å². The third-order valence-corrected chi connectivity index (χ3v) is 3.50. The van der Waals surface area contributed by atoms with Crippen LogP contribution in [-0.4, -0.2) is 17.2 Å². The van der Waals surface area contributed by atoms with Gasteiger partial charge in [0.2, 0.25) is 0 Å². The van der Waals surface area contributed by atoms with Crippen molar-refractivity contribution in [2.45, 2.75) is 78.7 Å². The smallest absolute Gasteiger partial charge is 0.310 e. The summed E-state index contributed by atoms with van der Waals surface area (Å²) in [5.41, 5.74) is 2.24. The molecule has 0 heterocycles. The molecule has 0 saturated heterocycles. The maximum Gasteiger partial charge on any atom is 0.310 e. The summed E-state index contributed by atoms with van der Waals surface area (Å²) >= 11 is 0. The van der Waals surface area contributed by atoms with Gasteiger partial charge in [-0.15, -0.1) is 0 Å². The molecule has 0 amide bonds. The zero-order valence-corrected chi connectivity index (χ0v) is 15.2. The second kappa shape index (κ2) is 6.31. The van der Waals surface area contributed by atoms with Crippen LogP contribution in [0.5, 0.6) is 5.75 Å². The second-order valence-electron chi connectivity index (χ2n) is 8.25. The van der Waals surface area contributed by atoms with Crippen molar-refractivity contribution >= 4 is 5.97 Å². The molecule has 3 heteroatoms. The number of ether oxygens (including phenoxy) is 1. The summed E-state index contributed by atoms with van der Waals surface area (Å²) in [7, 11) is 0. The van der Waals surface area contributed by atoms with E-state index < -0.39 is 0 Å². The van der Waals surface area contributed by atoms with Gasteiger partial charge in [-0.25, -0.2) is 0 Å². The van der Waals surface area contributed by atoms with Gasteiger partial charge in [-0.3, -0.25) is 4.79 Å². The van der Waals surface area contributed by atoms with E-state index in [0.29, 0.717) is 5.75 Å². The Morgan fingerprint density at radius 3 is 1.77 bits per heavy atom. The number of phenols is 1. The first-order valence-electron chi connectivity index (χ1n) is 7.88. The van der Waals surface area contributed by atoms with E-state index in [0.717, 1.165) is 16.7 Å². The molecular formula is C19H30O3. The average Bonchev–Trinajstić information content (AvgIpc) is 2.26. The van der Waals surface area contributed by atoms with Gasteiger partial charge < -0.3 is 9.84 Å². The quantitative estimate of drug-likeness (QED) is 0.837. The summed E-state index contributed by atoms with van der Waals surface area (Å²) in [4.78, 5) is 11.9. The molecule has 0 radical (unpaired) electrons. The molecule has 1 aromatic carbocycles. The van der Waals surface area contributed by atoms with E-state index in [2.05, 4.69) is 41.5 Å². The van der Waals surface area contributed by atoms with Gasteiger partial charge in [-0.05, 0) is 41.4 Å². The number of carbonyl (C=O) groups is 1. The highest BCUT2D eigenvalue weighted by molar-refractivity contribution is 5.73. The lowest BCUT2D eigenvalue weighted by molar-refractivity contribution is -0.146. The van der Waals surface area contributed by atoms with Crippen molar-refractivity contribution in [3.8, 4) is 5.75 Å². The monoisotopic (exact) mass is 306 g/mol. The van der Waals surface area contributed by atoms with Gasteiger partial charge >= 0.3 is 5.97 Å². The van der Waals surface area contributed by atoms with Crippen molar-refractivity contribution in [3.63, 3.8) is 0 Å². The first-order chi connectivity index (χ1) is 9.82. The Hall–Kier alpha value is -1.51. The normalized spacial score (nSPS) is 12.6. The lowest BCUT2D eigenvalue weighted by Gasteiger charge is -2.28. The molecule has 0 atom stereocenters. The van der Waals surface area contributed by atoms with Crippen molar-refractivity contribution < 1.29 is 14.6 Å². The average molecular weight is 306 g/mol. The lowest BCUT2D eigenvalue weighted by Crippen LogP contribution is -2.19. The maximum absolute atomic E-state index is 11.9. The Bertz CT molecular complexity index is 508. The van der Waals surface area contributed by atoms with Gasteiger partial charge in [-0.1, -0.05) is 53.7 Å². The Labute approximate surface area is 134 Å². The number of phenolic OH excluding ortho intramolecular Hbond substituents is 1. The molecule has 0 spiro atoms. The Morgan fingerprint density at radius 2 is 1.45 bits per heavy atom. The fourth-order valence-electron chi connectivity index (χ4n) is 2.41. The van der Waals surface area contributed by atoms with Gasteiger partial charge in [0.25, 0.3) is 0 Å². The van der Waals surface area contributed by atoms with E-state index in [4.69, 9.17) is 4.74 Å². The molecule has 0 aliphatic carbocycles. The summed E-state index contributed by atoms with van der Waals surface area (Å²) in [6.45, 7) is 16.0. The second-order valence-corrected chi connectivity index (χ2v) is 8.25. The molecule has 1 N–H and O–H groups in total. The Kier molecular flexibility index (Phi) is 5.32. The SMILES string of the molecule is CC(C)OC(=O)Cc1cc(C(C)(C)C)c(O)c(C(C)(C)C)c1. The van der Waals surface area contributed by atoms with Crippen LogP contribution in [0.1, 0.15) is 72.1 Å². The van der Waals surface area contributed by atoms with Crippen LogP contribution >= 0.6 is 0 Å². The first-order valence-corrected chi connectivity index (χ1v) is 7.88. The number of carbonyl (C=O) groups excluding carboxylic acids is 1. The zero-order chi connectivity index (χ0) is 17.3. The van der Waals surface area contributed by atoms with E-state index >= 15 is 0 Å². The van der Waals surface area contributed by atoms with Crippen LogP contribution in [0, 0.1) is 0 Å². The first kappa shape index (κ1) is 18.5. The highest BCUT2D eigenvalue weighted by Gasteiger charge is 2.27. The summed E-state index contributed by atoms with van der Waals surface area (Å²) < 4.78 is 5.23. The highest BCUT2D eigenvalue weighted by atomic mass is 16.5. The van der Waals surface area contributed by atoms with E-state index in [1.54, 1.807) is 0 Å². The van der Waals surface area contributed by atoms with Crippen LogP contribution in [0.2, 0.25) is 0 Å². The minimum Gasteiger partial charge on any atom is -0.507 e. The van der Waals surface area contributed by atoms with Gasteiger partial charge in [0.05, 0.1) is 12.5 Å². The number of aromatic hydroxyl groups is 1. The van der Waals surface area contributed by atoms with Crippen molar-refractivity contribution in [3.05, 3.63) is 28.8 Å². The van der Waals surface area contributed by atoms with Crippen LogP contribution in [0.3, 0.4) is 0 Å². The molecule has 3 nitrogen and oxygen atoms in total. The molecule has 0 unspecified atom stereocenters. The molecule has 0 saturated carbocycles. The minimum atomic E-state index is -0.236. The molecule has 0 bridgehead atoms. The van der Waals surface area contributed by atoms with Crippen molar-refractivity contribution in [1.29, 1.82) is 0 Å². The largest absolute Gasteiger partial charge is 0.507 e. The Balaban J connectivity index is 3.33. The topological polar surface area (TPSA) is 46.5 Å². The van der Waals surface area contributed by atoms with Crippen molar-refractivity contribution in [1.82, 2.24) is 0 Å². The molecule has 1 aromatic rings. The van der Waals surface area contributed by atoms with Gasteiger partial charge in [0, 0.05) is 0 Å². The zero-order valence-electron chi connectivity index (χ0n) is 15.2. The predicted octanol–water partition coefficient (Wildman–Crippen LogP) is 4.48. The fraction of sp³-hybridized carbons (Fsp3) is 0.632. The van der Waals surface area contributed by atoms with E-state index in [1.165, 1.54) is 0 Å². The van der Waals surface area contributed by atoms with Gasteiger partial charge in [0.1, 0.15) is 5.75 Å². The van der Waals surface area contributed by atoms with E-state index in [1.807, 2.05) is 26.0 Å². The number of esters is 1. The predicted molar refractivity (Wildman–Crippen MR) is 90.4 cm³/mol. The molecule has 1 rings (SSSR count). The molecule has 22 heavy (non-hydrogen) atoms. The molecule has 0 aromatic heterocycles. The van der Waals surface area contributed by atoms with Crippen LogP contribution in [0.4, 0.5) is 0 Å². The van der Waals surface area contributed by atoms with Crippen LogP contribution in [-0.2, 0) is 26.8 Å². The number of benzene rings is 1. The number of hydrogen-bond acceptors (Lipinski definition) is 3.